The molecule has 0 bridgehead atoms. The molecule has 0 unspecified atom stereocenters. The SMILES string of the molecule is CCCCC/C=C\C/C=C\CCCCCCCC(=O)OC[C@H](CO[C@@H]1O[C@H](CO)[C@H](O)[C@H](O)[C@H]1O)OC(=O)CCCCCCCCCCCCC. The van der Waals surface area contributed by atoms with Crippen molar-refractivity contribution in [1.82, 2.24) is 0 Å². The highest BCUT2D eigenvalue weighted by molar-refractivity contribution is 5.70. The lowest BCUT2D eigenvalue weighted by molar-refractivity contribution is -0.305. The molecular formula is C41H74O10. The summed E-state index contributed by atoms with van der Waals surface area (Å²) in [5.74, 6) is -0.821. The first-order valence-corrected chi connectivity index (χ1v) is 20.4. The van der Waals surface area contributed by atoms with E-state index in [0.717, 1.165) is 57.8 Å². The summed E-state index contributed by atoms with van der Waals surface area (Å²) in [5, 5.41) is 39.9. The molecule has 4 N–H and O–H groups in total. The van der Waals surface area contributed by atoms with Crippen LogP contribution < -0.4 is 0 Å². The third-order valence-electron chi connectivity index (χ3n) is 9.34. The molecule has 1 fully saturated rings. The number of rotatable bonds is 33. The van der Waals surface area contributed by atoms with Crippen LogP contribution in [-0.2, 0) is 28.5 Å². The molecule has 0 amide bonds. The number of esters is 2. The lowest BCUT2D eigenvalue weighted by Crippen LogP contribution is -2.59. The van der Waals surface area contributed by atoms with E-state index in [1.54, 1.807) is 0 Å². The molecule has 1 rings (SSSR count). The van der Waals surface area contributed by atoms with Gasteiger partial charge in [0.1, 0.15) is 31.0 Å². The van der Waals surface area contributed by atoms with Gasteiger partial charge in [0, 0.05) is 12.8 Å². The normalized spacial score (nSPS) is 21.4. The molecule has 0 aromatic carbocycles. The first-order chi connectivity index (χ1) is 24.8. The minimum absolute atomic E-state index is 0.222. The first-order valence-electron chi connectivity index (χ1n) is 20.4. The molecule has 0 aliphatic carbocycles. The van der Waals surface area contributed by atoms with Crippen LogP contribution in [0.2, 0.25) is 0 Å². The van der Waals surface area contributed by atoms with Crippen LogP contribution >= 0.6 is 0 Å². The summed E-state index contributed by atoms with van der Waals surface area (Å²) in [6.07, 6.45) is 26.1. The summed E-state index contributed by atoms with van der Waals surface area (Å²) in [4.78, 5) is 25.2. The molecule has 1 saturated heterocycles. The number of carbonyl (C=O) groups is 2. The number of aliphatic hydroxyl groups is 4. The molecular weight excluding hydrogens is 652 g/mol. The third kappa shape index (κ3) is 24.9. The number of hydrogen-bond donors (Lipinski definition) is 4. The zero-order valence-electron chi connectivity index (χ0n) is 32.1. The number of hydrogen-bond acceptors (Lipinski definition) is 10. The number of allylic oxidation sites excluding steroid dienone is 4. The number of carbonyl (C=O) groups excluding carboxylic acids is 2. The molecule has 0 aromatic heterocycles. The van der Waals surface area contributed by atoms with Crippen LogP contribution in [0.4, 0.5) is 0 Å². The predicted molar refractivity (Wildman–Crippen MR) is 201 cm³/mol. The maximum absolute atomic E-state index is 12.7. The van der Waals surface area contributed by atoms with Crippen molar-refractivity contribution in [3.8, 4) is 0 Å². The van der Waals surface area contributed by atoms with Gasteiger partial charge in [-0.1, -0.05) is 134 Å². The lowest BCUT2D eigenvalue weighted by atomic mass is 9.99. The topological polar surface area (TPSA) is 152 Å². The third-order valence-corrected chi connectivity index (χ3v) is 9.34. The highest BCUT2D eigenvalue weighted by atomic mass is 16.7. The summed E-state index contributed by atoms with van der Waals surface area (Å²) in [7, 11) is 0. The summed E-state index contributed by atoms with van der Waals surface area (Å²) in [6, 6.07) is 0. The van der Waals surface area contributed by atoms with E-state index < -0.39 is 49.4 Å². The van der Waals surface area contributed by atoms with E-state index in [1.165, 1.54) is 70.6 Å². The standard InChI is InChI=1S/C41H74O10/c1-3-5-7-9-11-13-15-16-17-18-20-21-23-25-27-29-36(43)48-32-34(33-49-41-40(47)39(46)38(45)35(31-42)51-41)50-37(44)30-28-26-24-22-19-14-12-10-8-6-4-2/h11,13,16-17,34-35,38-42,45-47H,3-10,12,14-15,18-33H2,1-2H3/b13-11-,17-16-/t34-,35-,38+,39+,40-,41-/m1/s1. The van der Waals surface area contributed by atoms with Crippen molar-refractivity contribution in [2.45, 2.75) is 205 Å². The van der Waals surface area contributed by atoms with Gasteiger partial charge in [-0.2, -0.15) is 0 Å². The Morgan fingerprint density at radius 3 is 1.67 bits per heavy atom. The first kappa shape index (κ1) is 47.2. The Balaban J connectivity index is 2.38. The van der Waals surface area contributed by atoms with E-state index >= 15 is 0 Å². The zero-order valence-corrected chi connectivity index (χ0v) is 32.1. The van der Waals surface area contributed by atoms with Gasteiger partial charge in [-0.05, 0) is 44.9 Å². The average Bonchev–Trinajstić information content (AvgIpc) is 3.13. The second-order valence-corrected chi connectivity index (χ2v) is 14.1. The van der Waals surface area contributed by atoms with Gasteiger partial charge in [0.05, 0.1) is 13.2 Å². The summed E-state index contributed by atoms with van der Waals surface area (Å²) in [5.41, 5.74) is 0. The van der Waals surface area contributed by atoms with E-state index in [9.17, 15) is 30.0 Å². The Morgan fingerprint density at radius 1 is 0.608 bits per heavy atom. The van der Waals surface area contributed by atoms with E-state index in [0.29, 0.717) is 12.8 Å². The van der Waals surface area contributed by atoms with Crippen molar-refractivity contribution in [2.75, 3.05) is 19.8 Å². The van der Waals surface area contributed by atoms with Crippen molar-refractivity contribution < 1.29 is 49.0 Å². The fraction of sp³-hybridized carbons (Fsp3) is 0.854. The molecule has 1 heterocycles. The maximum Gasteiger partial charge on any atom is 0.306 e. The Hall–Kier alpha value is -1.82. The van der Waals surface area contributed by atoms with Crippen LogP contribution in [0.1, 0.15) is 168 Å². The van der Waals surface area contributed by atoms with Crippen LogP contribution in [0.5, 0.6) is 0 Å². The van der Waals surface area contributed by atoms with Gasteiger partial charge < -0.3 is 39.4 Å². The lowest BCUT2D eigenvalue weighted by Gasteiger charge is -2.39. The second kappa shape index (κ2) is 32.8. The molecule has 10 heteroatoms. The fourth-order valence-corrected chi connectivity index (χ4v) is 6.04. The minimum atomic E-state index is -1.59. The molecule has 6 atom stereocenters. The van der Waals surface area contributed by atoms with Crippen LogP contribution in [0.15, 0.2) is 24.3 Å². The van der Waals surface area contributed by atoms with E-state index in [4.69, 9.17) is 18.9 Å². The molecule has 0 aromatic rings. The van der Waals surface area contributed by atoms with E-state index in [-0.39, 0.29) is 32.0 Å². The van der Waals surface area contributed by atoms with Gasteiger partial charge >= 0.3 is 11.9 Å². The summed E-state index contributed by atoms with van der Waals surface area (Å²) < 4.78 is 22.1. The number of ether oxygens (including phenoxy) is 4. The van der Waals surface area contributed by atoms with E-state index in [2.05, 4.69) is 38.2 Å². The molecule has 298 valence electrons. The molecule has 0 spiro atoms. The molecule has 0 radical (unpaired) electrons. The maximum atomic E-state index is 12.7. The van der Waals surface area contributed by atoms with Gasteiger partial charge in [0.15, 0.2) is 12.4 Å². The van der Waals surface area contributed by atoms with Crippen molar-refractivity contribution >= 4 is 11.9 Å². The number of unbranched alkanes of at least 4 members (excludes halogenated alkanes) is 18. The van der Waals surface area contributed by atoms with Crippen LogP contribution in [0, 0.1) is 0 Å². The monoisotopic (exact) mass is 727 g/mol. The fourth-order valence-electron chi connectivity index (χ4n) is 6.04. The summed E-state index contributed by atoms with van der Waals surface area (Å²) in [6.45, 7) is 3.36. The van der Waals surface area contributed by atoms with Crippen molar-refractivity contribution in [1.29, 1.82) is 0 Å². The quantitative estimate of drug-likeness (QED) is 0.0300. The number of aliphatic hydroxyl groups excluding tert-OH is 4. The van der Waals surface area contributed by atoms with Gasteiger partial charge in [0.2, 0.25) is 0 Å². The highest BCUT2D eigenvalue weighted by Gasteiger charge is 2.44. The van der Waals surface area contributed by atoms with Crippen molar-refractivity contribution in [3.63, 3.8) is 0 Å². The van der Waals surface area contributed by atoms with E-state index in [1.807, 2.05) is 0 Å². The van der Waals surface area contributed by atoms with Gasteiger partial charge in [0.25, 0.3) is 0 Å². The van der Waals surface area contributed by atoms with Crippen LogP contribution in [-0.4, -0.2) is 89.0 Å². The molecule has 10 nitrogen and oxygen atoms in total. The van der Waals surface area contributed by atoms with Gasteiger partial charge in [-0.15, -0.1) is 0 Å². The average molecular weight is 727 g/mol. The molecule has 1 aliphatic rings. The Labute approximate surface area is 309 Å². The molecule has 0 saturated carbocycles. The Bertz CT molecular complexity index is 892. The second-order valence-electron chi connectivity index (χ2n) is 14.1. The highest BCUT2D eigenvalue weighted by Crippen LogP contribution is 2.22. The predicted octanol–water partition coefficient (Wildman–Crippen LogP) is 7.77. The summed E-state index contributed by atoms with van der Waals surface area (Å²) >= 11 is 0. The molecule has 1 aliphatic heterocycles. The van der Waals surface area contributed by atoms with Crippen molar-refractivity contribution in [2.24, 2.45) is 0 Å². The van der Waals surface area contributed by atoms with Gasteiger partial charge in [-0.25, -0.2) is 0 Å². The van der Waals surface area contributed by atoms with Gasteiger partial charge in [-0.3, -0.25) is 9.59 Å². The smallest absolute Gasteiger partial charge is 0.306 e. The van der Waals surface area contributed by atoms with Crippen molar-refractivity contribution in [3.05, 3.63) is 24.3 Å². The van der Waals surface area contributed by atoms with Crippen LogP contribution in [0.25, 0.3) is 0 Å². The zero-order chi connectivity index (χ0) is 37.4. The Kier molecular flexibility index (Phi) is 30.4. The minimum Gasteiger partial charge on any atom is -0.462 e. The Morgan fingerprint density at radius 2 is 1.10 bits per heavy atom. The largest absolute Gasteiger partial charge is 0.462 e. The molecule has 51 heavy (non-hydrogen) atoms. The van der Waals surface area contributed by atoms with Crippen LogP contribution in [0.3, 0.4) is 0 Å².